The number of para-hydroxylation sites is 2. The summed E-state index contributed by atoms with van der Waals surface area (Å²) in [5, 5.41) is 17.5. The number of benzene rings is 2. The SMILES string of the molecule is CCOc1ccccc1NC(=O)/C(C#N)=C/c1c(C)nn(-c2cccc(Cl)c2)c1Cl. The van der Waals surface area contributed by atoms with Crippen molar-refractivity contribution in [1.82, 2.24) is 9.78 Å². The fourth-order valence-electron chi connectivity index (χ4n) is 2.79. The molecule has 0 radical (unpaired) electrons. The van der Waals surface area contributed by atoms with Crippen molar-refractivity contribution in [1.29, 1.82) is 5.26 Å². The van der Waals surface area contributed by atoms with Crippen molar-refractivity contribution in [3.05, 3.63) is 75.5 Å². The first kappa shape index (κ1) is 21.4. The zero-order valence-electron chi connectivity index (χ0n) is 16.3. The third kappa shape index (κ3) is 4.65. The Bertz CT molecular complexity index is 1160. The van der Waals surface area contributed by atoms with E-state index in [4.69, 9.17) is 27.9 Å². The number of nitrogens with one attached hydrogen (secondary N) is 1. The molecule has 0 aliphatic carbocycles. The molecule has 30 heavy (non-hydrogen) atoms. The van der Waals surface area contributed by atoms with E-state index in [-0.39, 0.29) is 10.7 Å². The van der Waals surface area contributed by atoms with E-state index in [2.05, 4.69) is 10.4 Å². The number of halogens is 2. The van der Waals surface area contributed by atoms with Crippen LogP contribution in [0.2, 0.25) is 10.2 Å². The summed E-state index contributed by atoms with van der Waals surface area (Å²) in [4.78, 5) is 12.7. The Morgan fingerprint density at radius 1 is 1.27 bits per heavy atom. The van der Waals surface area contributed by atoms with Gasteiger partial charge in [0.25, 0.3) is 5.91 Å². The predicted molar refractivity (Wildman–Crippen MR) is 118 cm³/mol. The van der Waals surface area contributed by atoms with E-state index < -0.39 is 5.91 Å². The molecule has 1 amide bonds. The standard InChI is InChI=1S/C22H18Cl2N4O2/c1-3-30-20-10-5-4-9-19(20)26-22(29)15(13-25)11-18-14(2)27-28(21(18)24)17-8-6-7-16(23)12-17/h4-12H,3H2,1-2H3,(H,26,29)/b15-11+. The number of carbonyl (C=O) groups excluding carboxylic acids is 1. The third-order valence-corrected chi connectivity index (χ3v) is 4.79. The number of ether oxygens (including phenoxy) is 1. The molecule has 0 aliphatic heterocycles. The first-order chi connectivity index (χ1) is 14.4. The van der Waals surface area contributed by atoms with Gasteiger partial charge in [-0.15, -0.1) is 0 Å². The van der Waals surface area contributed by atoms with E-state index in [9.17, 15) is 10.1 Å². The number of hydrogen-bond donors (Lipinski definition) is 1. The monoisotopic (exact) mass is 440 g/mol. The van der Waals surface area contributed by atoms with Gasteiger partial charge in [-0.05, 0) is 50.3 Å². The maximum Gasteiger partial charge on any atom is 0.266 e. The minimum Gasteiger partial charge on any atom is -0.492 e. The molecule has 8 heteroatoms. The second-order valence-electron chi connectivity index (χ2n) is 6.23. The molecule has 2 aromatic carbocycles. The average molecular weight is 441 g/mol. The van der Waals surface area contributed by atoms with E-state index in [1.54, 1.807) is 55.5 Å². The Labute approximate surface area is 184 Å². The number of aromatic nitrogens is 2. The van der Waals surface area contributed by atoms with E-state index in [0.717, 1.165) is 0 Å². The van der Waals surface area contributed by atoms with Crippen LogP contribution in [0, 0.1) is 18.3 Å². The maximum absolute atomic E-state index is 12.7. The molecule has 1 aromatic heterocycles. The van der Waals surface area contributed by atoms with Gasteiger partial charge in [-0.2, -0.15) is 10.4 Å². The molecule has 0 saturated heterocycles. The highest BCUT2D eigenvalue weighted by Gasteiger charge is 2.18. The molecule has 0 saturated carbocycles. The van der Waals surface area contributed by atoms with Crippen molar-refractivity contribution < 1.29 is 9.53 Å². The molecule has 6 nitrogen and oxygen atoms in total. The zero-order chi connectivity index (χ0) is 21.7. The van der Waals surface area contributed by atoms with Crippen molar-refractivity contribution >= 4 is 40.9 Å². The molecule has 3 aromatic rings. The molecule has 0 atom stereocenters. The molecule has 1 heterocycles. The minimum atomic E-state index is -0.573. The number of amides is 1. The Balaban J connectivity index is 1.93. The van der Waals surface area contributed by atoms with Crippen molar-refractivity contribution in [3.63, 3.8) is 0 Å². The highest BCUT2D eigenvalue weighted by molar-refractivity contribution is 6.32. The topological polar surface area (TPSA) is 79.9 Å². The number of hydrogen-bond acceptors (Lipinski definition) is 4. The van der Waals surface area contributed by atoms with Gasteiger partial charge in [0.1, 0.15) is 22.5 Å². The van der Waals surface area contributed by atoms with Crippen molar-refractivity contribution in [2.75, 3.05) is 11.9 Å². The first-order valence-electron chi connectivity index (χ1n) is 9.10. The fourth-order valence-corrected chi connectivity index (χ4v) is 3.30. The van der Waals surface area contributed by atoms with Crippen LogP contribution < -0.4 is 10.1 Å². The van der Waals surface area contributed by atoms with E-state index in [1.807, 2.05) is 13.0 Å². The van der Waals surface area contributed by atoms with Crippen LogP contribution in [0.4, 0.5) is 5.69 Å². The van der Waals surface area contributed by atoms with Gasteiger partial charge in [0.2, 0.25) is 0 Å². The van der Waals surface area contributed by atoms with Crippen LogP contribution in [-0.2, 0) is 4.79 Å². The zero-order valence-corrected chi connectivity index (χ0v) is 17.8. The van der Waals surface area contributed by atoms with Crippen LogP contribution in [-0.4, -0.2) is 22.3 Å². The van der Waals surface area contributed by atoms with Crippen LogP contribution in [0.5, 0.6) is 5.75 Å². The molecular formula is C22H18Cl2N4O2. The highest BCUT2D eigenvalue weighted by Crippen LogP contribution is 2.28. The van der Waals surface area contributed by atoms with Crippen LogP contribution in [0.1, 0.15) is 18.2 Å². The summed E-state index contributed by atoms with van der Waals surface area (Å²) < 4.78 is 7.01. The number of rotatable bonds is 6. The van der Waals surface area contributed by atoms with Gasteiger partial charge in [-0.1, -0.05) is 41.4 Å². The maximum atomic E-state index is 12.7. The smallest absolute Gasteiger partial charge is 0.266 e. The van der Waals surface area contributed by atoms with Crippen molar-refractivity contribution in [3.8, 4) is 17.5 Å². The number of aryl methyl sites for hydroxylation is 1. The molecule has 0 bridgehead atoms. The van der Waals surface area contributed by atoms with Gasteiger partial charge in [0.15, 0.2) is 0 Å². The lowest BCUT2D eigenvalue weighted by Gasteiger charge is -2.10. The number of nitriles is 1. The van der Waals surface area contributed by atoms with Crippen molar-refractivity contribution in [2.45, 2.75) is 13.8 Å². The summed E-state index contributed by atoms with van der Waals surface area (Å²) >= 11 is 12.6. The lowest BCUT2D eigenvalue weighted by Crippen LogP contribution is -2.14. The van der Waals surface area contributed by atoms with Crippen LogP contribution >= 0.6 is 23.2 Å². The predicted octanol–water partition coefficient (Wildman–Crippen LogP) is 5.43. The normalized spacial score (nSPS) is 11.1. The van der Waals surface area contributed by atoms with E-state index in [0.29, 0.717) is 40.0 Å². The van der Waals surface area contributed by atoms with Crippen LogP contribution in [0.15, 0.2) is 54.1 Å². The molecule has 0 unspecified atom stereocenters. The summed E-state index contributed by atoms with van der Waals surface area (Å²) in [5.74, 6) is -0.0516. The van der Waals surface area contributed by atoms with E-state index >= 15 is 0 Å². The molecule has 152 valence electrons. The second-order valence-corrected chi connectivity index (χ2v) is 7.03. The molecular weight excluding hydrogens is 423 g/mol. The van der Waals surface area contributed by atoms with Gasteiger partial charge in [0, 0.05) is 10.6 Å². The quantitative estimate of drug-likeness (QED) is 0.409. The summed E-state index contributed by atoms with van der Waals surface area (Å²) in [6, 6.07) is 16.0. The summed E-state index contributed by atoms with van der Waals surface area (Å²) in [7, 11) is 0. The largest absolute Gasteiger partial charge is 0.492 e. The molecule has 0 spiro atoms. The third-order valence-electron chi connectivity index (χ3n) is 4.19. The van der Waals surface area contributed by atoms with Gasteiger partial charge in [-0.3, -0.25) is 4.79 Å². The number of carbonyl (C=O) groups is 1. The summed E-state index contributed by atoms with van der Waals surface area (Å²) in [5.41, 5.74) is 2.07. The molecule has 3 rings (SSSR count). The Morgan fingerprint density at radius 2 is 2.03 bits per heavy atom. The Hall–Kier alpha value is -3.27. The second kappa shape index (κ2) is 9.49. The lowest BCUT2D eigenvalue weighted by molar-refractivity contribution is -0.112. The fraction of sp³-hybridized carbons (Fsp3) is 0.136. The number of anilines is 1. The summed E-state index contributed by atoms with van der Waals surface area (Å²) in [6.07, 6.45) is 1.42. The highest BCUT2D eigenvalue weighted by atomic mass is 35.5. The van der Waals surface area contributed by atoms with Gasteiger partial charge in [0.05, 0.1) is 23.7 Å². The minimum absolute atomic E-state index is 0.114. The van der Waals surface area contributed by atoms with E-state index in [1.165, 1.54) is 10.8 Å². The van der Waals surface area contributed by atoms with Crippen LogP contribution in [0.25, 0.3) is 11.8 Å². The first-order valence-corrected chi connectivity index (χ1v) is 9.86. The van der Waals surface area contributed by atoms with Gasteiger partial charge in [-0.25, -0.2) is 4.68 Å². The van der Waals surface area contributed by atoms with Gasteiger partial charge >= 0.3 is 0 Å². The Morgan fingerprint density at radius 3 is 2.73 bits per heavy atom. The Kier molecular flexibility index (Phi) is 6.78. The van der Waals surface area contributed by atoms with Crippen molar-refractivity contribution in [2.24, 2.45) is 0 Å². The average Bonchev–Trinajstić information content (AvgIpc) is 3.01. The number of nitrogens with zero attached hydrogens (tertiary/aromatic N) is 3. The van der Waals surface area contributed by atoms with Gasteiger partial charge < -0.3 is 10.1 Å². The summed E-state index contributed by atoms with van der Waals surface area (Å²) in [6.45, 7) is 4.04. The molecule has 0 fully saturated rings. The molecule has 0 aliphatic rings. The molecule has 1 N–H and O–H groups in total. The van der Waals surface area contributed by atoms with Crippen LogP contribution in [0.3, 0.4) is 0 Å². The lowest BCUT2D eigenvalue weighted by atomic mass is 10.1.